The lowest BCUT2D eigenvalue weighted by Gasteiger charge is -2.40. The minimum atomic E-state index is -0.860. The molecule has 0 saturated carbocycles. The van der Waals surface area contributed by atoms with E-state index in [4.69, 9.17) is 9.72 Å². The number of benzene rings is 1. The van der Waals surface area contributed by atoms with Crippen molar-refractivity contribution in [1.29, 1.82) is 0 Å². The van der Waals surface area contributed by atoms with Gasteiger partial charge in [-0.15, -0.1) is 0 Å². The largest absolute Gasteiger partial charge is 0.496 e. The van der Waals surface area contributed by atoms with Gasteiger partial charge in [-0.05, 0) is 30.9 Å². The van der Waals surface area contributed by atoms with Gasteiger partial charge in [-0.3, -0.25) is 0 Å². The summed E-state index contributed by atoms with van der Waals surface area (Å²) >= 11 is 0. The Kier molecular flexibility index (Phi) is 5.24. The van der Waals surface area contributed by atoms with E-state index in [1.54, 1.807) is 22.7 Å². The molecular formula is C22H27N5O3. The zero-order chi connectivity index (χ0) is 21.3. The van der Waals surface area contributed by atoms with Crippen molar-refractivity contribution in [1.82, 2.24) is 19.5 Å². The van der Waals surface area contributed by atoms with Crippen molar-refractivity contribution >= 4 is 17.6 Å². The molecule has 1 aliphatic heterocycles. The fourth-order valence-corrected chi connectivity index (χ4v) is 4.44. The number of carboxylic acid groups (broad SMARTS) is 1. The van der Waals surface area contributed by atoms with Crippen LogP contribution >= 0.6 is 0 Å². The molecule has 158 valence electrons. The molecule has 8 nitrogen and oxygen atoms in total. The van der Waals surface area contributed by atoms with Gasteiger partial charge in [0.2, 0.25) is 0 Å². The van der Waals surface area contributed by atoms with Gasteiger partial charge in [0.15, 0.2) is 5.65 Å². The second-order valence-corrected chi connectivity index (χ2v) is 7.99. The molecule has 1 aliphatic rings. The SMILES string of the molecule is COc1ccccc1-c1cnn2ccc(NC[C@@]3(C(C)C)CCCN3C(=O)O)nc12. The topological polar surface area (TPSA) is 92.0 Å². The van der Waals surface area contributed by atoms with E-state index in [9.17, 15) is 9.90 Å². The Morgan fingerprint density at radius 2 is 2.10 bits per heavy atom. The highest BCUT2D eigenvalue weighted by Gasteiger charge is 2.46. The van der Waals surface area contributed by atoms with Crippen molar-refractivity contribution in [2.75, 3.05) is 25.5 Å². The van der Waals surface area contributed by atoms with Crippen LogP contribution in [-0.2, 0) is 0 Å². The summed E-state index contributed by atoms with van der Waals surface area (Å²) in [5.74, 6) is 1.64. The van der Waals surface area contributed by atoms with Crippen LogP contribution in [0, 0.1) is 5.92 Å². The third kappa shape index (κ3) is 3.32. The monoisotopic (exact) mass is 409 g/mol. The van der Waals surface area contributed by atoms with Gasteiger partial charge in [-0.1, -0.05) is 32.0 Å². The van der Waals surface area contributed by atoms with Crippen molar-refractivity contribution in [2.45, 2.75) is 32.2 Å². The first-order valence-corrected chi connectivity index (χ1v) is 10.2. The number of fused-ring (bicyclic) bond motifs is 1. The Morgan fingerprint density at radius 1 is 1.30 bits per heavy atom. The van der Waals surface area contributed by atoms with Gasteiger partial charge < -0.3 is 20.1 Å². The Bertz CT molecular complexity index is 1060. The summed E-state index contributed by atoms with van der Waals surface area (Å²) in [6.07, 6.45) is 4.49. The first-order chi connectivity index (χ1) is 14.5. The lowest BCUT2D eigenvalue weighted by Crippen LogP contribution is -2.55. The maximum Gasteiger partial charge on any atom is 0.407 e. The number of methoxy groups -OCH3 is 1. The second kappa shape index (κ2) is 7.85. The fourth-order valence-electron chi connectivity index (χ4n) is 4.44. The van der Waals surface area contributed by atoms with Crippen molar-refractivity contribution in [2.24, 2.45) is 5.92 Å². The zero-order valence-electron chi connectivity index (χ0n) is 17.5. The van der Waals surface area contributed by atoms with Crippen LogP contribution < -0.4 is 10.1 Å². The first kappa shape index (κ1) is 20.0. The molecular weight excluding hydrogens is 382 g/mol. The van der Waals surface area contributed by atoms with Gasteiger partial charge in [0.1, 0.15) is 11.6 Å². The number of hydrogen-bond donors (Lipinski definition) is 2. The zero-order valence-corrected chi connectivity index (χ0v) is 17.5. The Hall–Kier alpha value is -3.29. The average Bonchev–Trinajstić information content (AvgIpc) is 3.37. The Balaban J connectivity index is 1.65. The van der Waals surface area contributed by atoms with Gasteiger partial charge in [0.25, 0.3) is 0 Å². The molecule has 1 aromatic carbocycles. The number of carbonyl (C=O) groups is 1. The molecule has 30 heavy (non-hydrogen) atoms. The van der Waals surface area contributed by atoms with Gasteiger partial charge >= 0.3 is 6.09 Å². The molecule has 3 aromatic rings. The number of anilines is 1. The number of nitrogens with one attached hydrogen (secondary N) is 1. The number of hydrogen-bond acceptors (Lipinski definition) is 5. The van der Waals surface area contributed by atoms with Crippen LogP contribution in [0.1, 0.15) is 26.7 Å². The van der Waals surface area contributed by atoms with Gasteiger partial charge in [0.05, 0.1) is 24.4 Å². The number of para-hydroxylation sites is 1. The van der Waals surface area contributed by atoms with E-state index in [0.29, 0.717) is 24.6 Å². The average molecular weight is 409 g/mol. The molecule has 1 amide bonds. The van der Waals surface area contributed by atoms with Crippen molar-refractivity contribution < 1.29 is 14.6 Å². The summed E-state index contributed by atoms with van der Waals surface area (Å²) in [7, 11) is 1.64. The van der Waals surface area contributed by atoms with Gasteiger partial charge in [-0.25, -0.2) is 14.3 Å². The second-order valence-electron chi connectivity index (χ2n) is 7.99. The van der Waals surface area contributed by atoms with E-state index in [1.807, 2.05) is 36.5 Å². The number of amides is 1. The van der Waals surface area contributed by atoms with E-state index < -0.39 is 11.6 Å². The predicted octanol–water partition coefficient (Wildman–Crippen LogP) is 3.99. The highest BCUT2D eigenvalue weighted by Crippen LogP contribution is 2.36. The molecule has 0 radical (unpaired) electrons. The molecule has 2 N–H and O–H groups in total. The molecule has 0 unspecified atom stereocenters. The van der Waals surface area contributed by atoms with Crippen LogP contribution in [0.3, 0.4) is 0 Å². The lowest BCUT2D eigenvalue weighted by atomic mass is 9.83. The Labute approximate surface area is 175 Å². The van der Waals surface area contributed by atoms with Crippen molar-refractivity contribution in [3.8, 4) is 16.9 Å². The minimum absolute atomic E-state index is 0.187. The normalized spacial score (nSPS) is 18.9. The van der Waals surface area contributed by atoms with E-state index in [1.165, 1.54) is 0 Å². The lowest BCUT2D eigenvalue weighted by molar-refractivity contribution is 0.0823. The fraction of sp³-hybridized carbons (Fsp3) is 0.409. The standard InChI is InChI=1S/C22H27N5O3/c1-15(2)22(10-6-11-26(22)21(28)29)14-23-19-9-12-27-20(25-19)17(13-24-27)16-7-4-5-8-18(16)30-3/h4-5,7-9,12-13,15H,6,10-11,14H2,1-3H3,(H,23,25)(H,28,29)/t22-/m1/s1. The summed E-state index contributed by atoms with van der Waals surface area (Å²) in [5, 5.41) is 17.5. The third-order valence-electron chi connectivity index (χ3n) is 6.18. The summed E-state index contributed by atoms with van der Waals surface area (Å²) in [6, 6.07) is 9.63. The van der Waals surface area contributed by atoms with Crippen LogP contribution in [0.5, 0.6) is 5.75 Å². The predicted molar refractivity (Wildman–Crippen MR) is 115 cm³/mol. The van der Waals surface area contributed by atoms with Crippen LogP contribution in [0.25, 0.3) is 16.8 Å². The van der Waals surface area contributed by atoms with E-state index in [0.717, 1.165) is 29.7 Å². The van der Waals surface area contributed by atoms with Crippen LogP contribution in [-0.4, -0.2) is 56.4 Å². The molecule has 4 rings (SSSR count). The van der Waals surface area contributed by atoms with Crippen LogP contribution in [0.15, 0.2) is 42.7 Å². The van der Waals surface area contributed by atoms with E-state index in [2.05, 4.69) is 24.3 Å². The highest BCUT2D eigenvalue weighted by atomic mass is 16.5. The summed E-state index contributed by atoms with van der Waals surface area (Å²) < 4.78 is 7.22. The van der Waals surface area contributed by atoms with Crippen molar-refractivity contribution in [3.05, 3.63) is 42.7 Å². The molecule has 1 atom stereocenters. The van der Waals surface area contributed by atoms with Gasteiger partial charge in [-0.2, -0.15) is 5.10 Å². The number of nitrogens with zero attached hydrogens (tertiary/aromatic N) is 4. The van der Waals surface area contributed by atoms with Crippen LogP contribution in [0.4, 0.5) is 10.6 Å². The number of likely N-dealkylation sites (tertiary alicyclic amines) is 1. The quantitative estimate of drug-likeness (QED) is 0.640. The smallest absolute Gasteiger partial charge is 0.407 e. The number of ether oxygens (including phenoxy) is 1. The molecule has 1 fully saturated rings. The van der Waals surface area contributed by atoms with Crippen LogP contribution in [0.2, 0.25) is 0 Å². The Morgan fingerprint density at radius 3 is 2.83 bits per heavy atom. The summed E-state index contributed by atoms with van der Waals surface area (Å²) in [4.78, 5) is 18.2. The summed E-state index contributed by atoms with van der Waals surface area (Å²) in [6.45, 7) is 5.24. The molecule has 2 aromatic heterocycles. The number of aromatic nitrogens is 3. The van der Waals surface area contributed by atoms with E-state index in [-0.39, 0.29) is 5.92 Å². The number of rotatable bonds is 6. The third-order valence-corrected chi connectivity index (χ3v) is 6.18. The molecule has 1 saturated heterocycles. The van der Waals surface area contributed by atoms with Gasteiger partial charge in [0, 0.05) is 24.8 Å². The highest BCUT2D eigenvalue weighted by molar-refractivity contribution is 5.81. The van der Waals surface area contributed by atoms with E-state index >= 15 is 0 Å². The maximum atomic E-state index is 11.8. The molecule has 0 bridgehead atoms. The van der Waals surface area contributed by atoms with Crippen molar-refractivity contribution in [3.63, 3.8) is 0 Å². The molecule has 0 aliphatic carbocycles. The molecule has 3 heterocycles. The minimum Gasteiger partial charge on any atom is -0.496 e. The molecule has 8 heteroatoms. The summed E-state index contributed by atoms with van der Waals surface area (Å²) in [5.41, 5.74) is 2.07. The first-order valence-electron chi connectivity index (χ1n) is 10.2. The maximum absolute atomic E-state index is 11.8. The molecule has 0 spiro atoms.